The second-order valence-corrected chi connectivity index (χ2v) is 7.00. The van der Waals surface area contributed by atoms with Crippen LogP contribution in [0.25, 0.3) is 10.9 Å². The molecule has 1 heterocycles. The van der Waals surface area contributed by atoms with Crippen LogP contribution in [-0.2, 0) is 23.7 Å². The summed E-state index contributed by atoms with van der Waals surface area (Å²) >= 11 is 0. The van der Waals surface area contributed by atoms with Crippen LogP contribution in [0, 0.1) is 17.2 Å². The van der Waals surface area contributed by atoms with Crippen molar-refractivity contribution in [1.82, 2.24) is 4.57 Å². The Balaban J connectivity index is 1.77. The normalized spacial score (nSPS) is 13.1. The Morgan fingerprint density at radius 3 is 2.39 bits per heavy atom. The number of fused-ring (bicyclic) bond motifs is 1. The number of rotatable bonds is 4. The summed E-state index contributed by atoms with van der Waals surface area (Å²) < 4.78 is 79.4. The van der Waals surface area contributed by atoms with Crippen molar-refractivity contribution in [3.63, 3.8) is 0 Å². The van der Waals surface area contributed by atoms with Crippen molar-refractivity contribution < 1.29 is 31.1 Å². The lowest BCUT2D eigenvalue weighted by molar-refractivity contribution is -0.138. The molecule has 1 N–H and O–H groups in total. The second kappa shape index (κ2) is 7.98. The average molecular weight is 439 g/mol. The molecule has 3 rings (SSSR count). The zero-order valence-corrected chi connectivity index (χ0v) is 16.0. The highest BCUT2D eigenvalue weighted by Crippen LogP contribution is 2.34. The summed E-state index contributed by atoms with van der Waals surface area (Å²) in [5.41, 5.74) is -2.13. The highest BCUT2D eigenvalue weighted by Gasteiger charge is 2.34. The van der Waals surface area contributed by atoms with E-state index in [1.807, 2.05) is 0 Å². The number of nitriles is 1. The molecule has 1 aromatic heterocycles. The van der Waals surface area contributed by atoms with Crippen LogP contribution < -0.4 is 5.32 Å². The molecule has 31 heavy (non-hydrogen) atoms. The Labute approximate surface area is 172 Å². The molecule has 2 aromatic carbocycles. The standard InChI is InChI=1S/C21H15F6N3O/c1-12(11-30-7-6-13-8-15(20(22,23)24)3-5-18(13)30)19(31)29-16-4-2-14(10-28)17(9-16)21(25,26)27/h2-9,12H,11H2,1H3,(H,29,31)/t12-/m1/s1. The van der Waals surface area contributed by atoms with Crippen LogP contribution in [0.2, 0.25) is 0 Å². The number of nitrogens with one attached hydrogen (secondary N) is 1. The minimum atomic E-state index is -4.75. The van der Waals surface area contributed by atoms with Crippen LogP contribution in [0.4, 0.5) is 32.0 Å². The smallest absolute Gasteiger partial charge is 0.347 e. The minimum Gasteiger partial charge on any atom is -0.347 e. The Morgan fingerprint density at radius 2 is 1.77 bits per heavy atom. The van der Waals surface area contributed by atoms with Gasteiger partial charge >= 0.3 is 12.4 Å². The van der Waals surface area contributed by atoms with Gasteiger partial charge in [-0.2, -0.15) is 31.6 Å². The van der Waals surface area contributed by atoms with Crippen molar-refractivity contribution in [2.45, 2.75) is 25.8 Å². The van der Waals surface area contributed by atoms with E-state index in [-0.39, 0.29) is 12.2 Å². The van der Waals surface area contributed by atoms with E-state index in [0.717, 1.165) is 18.2 Å². The van der Waals surface area contributed by atoms with E-state index >= 15 is 0 Å². The number of hydrogen-bond donors (Lipinski definition) is 1. The van der Waals surface area contributed by atoms with Crippen LogP contribution in [0.5, 0.6) is 0 Å². The molecule has 3 aromatic rings. The molecule has 0 radical (unpaired) electrons. The van der Waals surface area contributed by atoms with Crippen molar-refractivity contribution in [2.24, 2.45) is 5.92 Å². The summed E-state index contributed by atoms with van der Waals surface area (Å²) in [5.74, 6) is -1.28. The third-order valence-electron chi connectivity index (χ3n) is 4.73. The zero-order chi connectivity index (χ0) is 23.0. The van der Waals surface area contributed by atoms with Gasteiger partial charge in [-0.1, -0.05) is 6.92 Å². The van der Waals surface area contributed by atoms with E-state index < -0.39 is 40.9 Å². The largest absolute Gasteiger partial charge is 0.417 e. The Bertz CT molecular complexity index is 1170. The van der Waals surface area contributed by atoms with Gasteiger partial charge in [-0.05, 0) is 42.5 Å². The summed E-state index contributed by atoms with van der Waals surface area (Å²) in [7, 11) is 0. The third kappa shape index (κ3) is 4.82. The lowest BCUT2D eigenvalue weighted by atomic mass is 10.1. The van der Waals surface area contributed by atoms with E-state index in [1.54, 1.807) is 11.5 Å². The predicted octanol–water partition coefficient (Wildman–Crippen LogP) is 5.83. The van der Waals surface area contributed by atoms with Gasteiger partial charge in [0.1, 0.15) is 0 Å². The van der Waals surface area contributed by atoms with Crippen LogP contribution >= 0.6 is 0 Å². The average Bonchev–Trinajstić information content (AvgIpc) is 3.08. The molecule has 1 amide bonds. The van der Waals surface area contributed by atoms with Crippen LogP contribution in [0.1, 0.15) is 23.6 Å². The number of alkyl halides is 6. The first kappa shape index (κ1) is 22.2. The fourth-order valence-electron chi connectivity index (χ4n) is 3.13. The van der Waals surface area contributed by atoms with Gasteiger partial charge in [0.25, 0.3) is 0 Å². The molecule has 0 aliphatic heterocycles. The number of benzene rings is 2. The number of hydrogen-bond acceptors (Lipinski definition) is 2. The Kier molecular flexibility index (Phi) is 5.72. The SMILES string of the molecule is C[C@H](Cn1ccc2cc(C(F)(F)F)ccc21)C(=O)Nc1ccc(C#N)c(C(F)(F)F)c1. The van der Waals surface area contributed by atoms with Crippen molar-refractivity contribution >= 4 is 22.5 Å². The molecule has 162 valence electrons. The highest BCUT2D eigenvalue weighted by molar-refractivity contribution is 5.92. The number of halogens is 6. The summed E-state index contributed by atoms with van der Waals surface area (Å²) in [6.45, 7) is 1.64. The molecule has 1 atom stereocenters. The number of amides is 1. The molecule has 4 nitrogen and oxygen atoms in total. The molecule has 0 saturated carbocycles. The first-order valence-electron chi connectivity index (χ1n) is 8.98. The molecular formula is C21H15F6N3O. The van der Waals surface area contributed by atoms with Crippen LogP contribution in [0.15, 0.2) is 48.7 Å². The van der Waals surface area contributed by atoms with Gasteiger partial charge in [0, 0.05) is 29.3 Å². The van der Waals surface area contributed by atoms with Gasteiger partial charge in [-0.15, -0.1) is 0 Å². The summed E-state index contributed by atoms with van der Waals surface area (Å²) in [4.78, 5) is 12.5. The van der Waals surface area contributed by atoms with Crippen molar-refractivity contribution in [3.8, 4) is 6.07 Å². The van der Waals surface area contributed by atoms with Gasteiger partial charge in [0.05, 0.1) is 28.7 Å². The van der Waals surface area contributed by atoms with Crippen molar-refractivity contribution in [3.05, 3.63) is 65.4 Å². The highest BCUT2D eigenvalue weighted by atomic mass is 19.4. The quantitative estimate of drug-likeness (QED) is 0.521. The molecule has 0 bridgehead atoms. The predicted molar refractivity (Wildman–Crippen MR) is 101 cm³/mol. The summed E-state index contributed by atoms with van der Waals surface area (Å²) in [6, 6.07) is 9.06. The minimum absolute atomic E-state index is 0.100. The van der Waals surface area contributed by atoms with E-state index in [0.29, 0.717) is 17.0 Å². The van der Waals surface area contributed by atoms with Gasteiger partial charge in [0.15, 0.2) is 0 Å². The van der Waals surface area contributed by atoms with E-state index in [2.05, 4.69) is 5.32 Å². The van der Waals surface area contributed by atoms with Gasteiger partial charge in [-0.25, -0.2) is 0 Å². The molecule has 0 spiro atoms. The summed E-state index contributed by atoms with van der Waals surface area (Å²) in [5, 5.41) is 11.6. The number of aromatic nitrogens is 1. The monoisotopic (exact) mass is 439 g/mol. The van der Waals surface area contributed by atoms with Crippen molar-refractivity contribution in [1.29, 1.82) is 5.26 Å². The molecule has 0 unspecified atom stereocenters. The Morgan fingerprint density at radius 1 is 1.06 bits per heavy atom. The Hall–Kier alpha value is -3.48. The molecule has 0 fully saturated rings. The number of anilines is 1. The van der Waals surface area contributed by atoms with Crippen molar-refractivity contribution in [2.75, 3.05) is 5.32 Å². The maximum Gasteiger partial charge on any atom is 0.417 e. The first-order valence-corrected chi connectivity index (χ1v) is 8.98. The topological polar surface area (TPSA) is 57.8 Å². The molecular weight excluding hydrogens is 424 g/mol. The fourth-order valence-corrected chi connectivity index (χ4v) is 3.13. The van der Waals surface area contributed by atoms with Crippen LogP contribution in [0.3, 0.4) is 0 Å². The first-order chi connectivity index (χ1) is 14.4. The molecule has 0 aliphatic carbocycles. The van der Waals surface area contributed by atoms with Crippen LogP contribution in [-0.4, -0.2) is 10.5 Å². The lowest BCUT2D eigenvalue weighted by Gasteiger charge is -2.16. The molecule has 0 aliphatic rings. The maximum atomic E-state index is 13.1. The fraction of sp³-hybridized carbons (Fsp3) is 0.238. The van der Waals surface area contributed by atoms with E-state index in [9.17, 15) is 31.1 Å². The van der Waals surface area contributed by atoms with Gasteiger partial charge in [-0.3, -0.25) is 4.79 Å². The maximum absolute atomic E-state index is 13.1. The molecule has 10 heteroatoms. The van der Waals surface area contributed by atoms with Gasteiger partial charge < -0.3 is 9.88 Å². The van der Waals surface area contributed by atoms with Gasteiger partial charge in [0.2, 0.25) is 5.91 Å². The summed E-state index contributed by atoms with van der Waals surface area (Å²) in [6.07, 6.45) is -7.69. The molecule has 0 saturated heterocycles. The number of carbonyl (C=O) groups is 1. The van der Waals surface area contributed by atoms with E-state index in [4.69, 9.17) is 5.26 Å². The number of nitrogens with zero attached hydrogens (tertiary/aromatic N) is 2. The lowest BCUT2D eigenvalue weighted by Crippen LogP contribution is -2.24. The third-order valence-corrected chi connectivity index (χ3v) is 4.73. The zero-order valence-electron chi connectivity index (χ0n) is 16.0. The van der Waals surface area contributed by atoms with E-state index in [1.165, 1.54) is 30.5 Å². The number of carbonyl (C=O) groups excluding carboxylic acids is 1. The second-order valence-electron chi connectivity index (χ2n) is 7.00.